The van der Waals surface area contributed by atoms with E-state index in [0.717, 1.165) is 0 Å². The average Bonchev–Trinajstić information content (AvgIpc) is 1.68. The third kappa shape index (κ3) is 6.37. The molecule has 0 saturated carbocycles. The van der Waals surface area contributed by atoms with Crippen LogP contribution in [-0.2, 0) is 3.79 Å². The molecule has 49 valence electrons. The second-order valence-electron chi connectivity index (χ2n) is 1.21. The zero-order valence-electron chi connectivity index (χ0n) is 4.50. The minimum atomic E-state index is -0.711. The molecule has 0 heterocycles. The van der Waals surface area contributed by atoms with Crippen LogP contribution in [0.25, 0.3) is 0 Å². The van der Waals surface area contributed by atoms with Gasteiger partial charge in [-0.05, 0) is 0 Å². The first kappa shape index (κ1) is 11.2. The Morgan fingerprint density at radius 2 is 2.12 bits per heavy atom. The number of hydrogen-bond acceptors (Lipinski definition) is 3. The summed E-state index contributed by atoms with van der Waals surface area (Å²) in [5.74, 6) is 0. The Labute approximate surface area is 56.2 Å². The molecule has 1 atom stereocenters. The van der Waals surface area contributed by atoms with E-state index >= 15 is 0 Å². The second-order valence-corrected chi connectivity index (χ2v) is 1.62. The molecule has 0 aromatic rings. The molecule has 1 unspecified atom stereocenters. The highest BCUT2D eigenvalue weighted by Gasteiger charge is 1.95. The first-order valence-electron chi connectivity index (χ1n) is 1.97. The van der Waals surface area contributed by atoms with Gasteiger partial charge in [-0.1, -0.05) is 0 Å². The van der Waals surface area contributed by atoms with Gasteiger partial charge in [0.2, 0.25) is 0 Å². The molecule has 0 amide bonds. The van der Waals surface area contributed by atoms with Gasteiger partial charge in [0.1, 0.15) is 0 Å². The van der Waals surface area contributed by atoms with Crippen molar-refractivity contribution in [2.24, 2.45) is 0 Å². The molecule has 0 aliphatic heterocycles. The summed E-state index contributed by atoms with van der Waals surface area (Å²) in [4.78, 5) is 0. The number of aliphatic hydroxyl groups excluding tert-OH is 2. The van der Waals surface area contributed by atoms with Crippen LogP contribution in [-0.4, -0.2) is 51.6 Å². The van der Waals surface area contributed by atoms with Crippen LogP contribution in [0.2, 0.25) is 0 Å². The van der Waals surface area contributed by atoms with E-state index < -0.39 is 6.10 Å². The Morgan fingerprint density at radius 3 is 2.25 bits per heavy atom. The molecule has 5 heteroatoms. The van der Waals surface area contributed by atoms with Gasteiger partial charge in [-0.25, -0.2) is 0 Å². The molecule has 0 rings (SSSR count). The van der Waals surface area contributed by atoms with Crippen molar-refractivity contribution in [1.29, 1.82) is 0 Å². The van der Waals surface area contributed by atoms with Crippen molar-refractivity contribution in [3.8, 4) is 0 Å². The van der Waals surface area contributed by atoms with Gasteiger partial charge in [0.25, 0.3) is 0 Å². The molecule has 0 spiro atoms. The lowest BCUT2D eigenvalue weighted by molar-refractivity contribution is 0.0565. The van der Waals surface area contributed by atoms with E-state index in [4.69, 9.17) is 10.2 Å². The van der Waals surface area contributed by atoms with Gasteiger partial charge in [0.15, 0.2) is 0 Å². The van der Waals surface area contributed by atoms with E-state index in [9.17, 15) is 0 Å². The summed E-state index contributed by atoms with van der Waals surface area (Å²) in [6.45, 7) is -0.00668. The Balaban J connectivity index is 0. The Hall–Kier alpha value is 0.372. The molecule has 0 aromatic carbocycles. The van der Waals surface area contributed by atoms with Gasteiger partial charge in [0, 0.05) is 6.61 Å². The van der Waals surface area contributed by atoms with Gasteiger partial charge < -0.3 is 19.5 Å². The standard InChI is InChI=1S/C3H7O3.Al.H2O.H/c4-1-3(6)2-5;;;/h3-4,6H,1-2H2;;1H2;/q-1;+1;;. The van der Waals surface area contributed by atoms with Crippen molar-refractivity contribution in [2.45, 2.75) is 6.10 Å². The fraction of sp³-hybridized carbons (Fsp3) is 1.00. The fourth-order valence-electron chi connectivity index (χ4n) is 0.189. The summed E-state index contributed by atoms with van der Waals surface area (Å²) in [5.41, 5.74) is 0. The topological polar surface area (TPSA) is 81.2 Å². The Kier molecular flexibility index (Phi) is 10.3. The molecule has 0 saturated heterocycles. The molecular formula is C3H10AlO4. The third-order valence-corrected chi connectivity index (χ3v) is 0.757. The lowest BCUT2D eigenvalue weighted by Crippen LogP contribution is -2.18. The highest BCUT2D eigenvalue weighted by atomic mass is 27.1. The molecule has 0 fully saturated rings. The van der Waals surface area contributed by atoms with E-state index in [2.05, 4.69) is 3.79 Å². The van der Waals surface area contributed by atoms with E-state index in [1.807, 2.05) is 0 Å². The van der Waals surface area contributed by atoms with E-state index in [1.54, 1.807) is 0 Å². The summed E-state index contributed by atoms with van der Waals surface area (Å²) in [5, 5.41) is 16.6. The first-order valence-corrected chi connectivity index (χ1v) is 2.55. The summed E-state index contributed by atoms with van der Waals surface area (Å²) >= 11 is 1.30. The van der Waals surface area contributed by atoms with Crippen molar-refractivity contribution in [3.05, 3.63) is 0 Å². The number of aliphatic hydroxyl groups is 2. The van der Waals surface area contributed by atoms with E-state index in [1.165, 1.54) is 16.6 Å². The summed E-state index contributed by atoms with van der Waals surface area (Å²) < 4.78 is 4.51. The van der Waals surface area contributed by atoms with Gasteiger partial charge in [-0.2, -0.15) is 0 Å². The maximum Gasteiger partial charge on any atom is 0.394 e. The van der Waals surface area contributed by atoms with Crippen LogP contribution in [0.5, 0.6) is 0 Å². The molecule has 0 aromatic heterocycles. The molecule has 1 radical (unpaired) electrons. The SMILES string of the molecule is O.OCC(O)C[O][AlH]. The lowest BCUT2D eigenvalue weighted by Gasteiger charge is -2.03. The summed E-state index contributed by atoms with van der Waals surface area (Å²) in [6.07, 6.45) is -0.711. The zero-order valence-corrected chi connectivity index (χ0v) is 5.92. The first-order chi connectivity index (χ1) is 3.31. The monoisotopic (exact) mass is 137 g/mol. The fourth-order valence-corrected chi connectivity index (χ4v) is 0.461. The molecule has 8 heavy (non-hydrogen) atoms. The minimum Gasteiger partial charge on any atom is -0.508 e. The normalized spacial score (nSPS) is 12.2. The second kappa shape index (κ2) is 7.37. The van der Waals surface area contributed by atoms with Crippen molar-refractivity contribution in [3.63, 3.8) is 0 Å². The zero-order chi connectivity index (χ0) is 5.70. The highest BCUT2D eigenvalue weighted by Crippen LogP contribution is 1.77. The highest BCUT2D eigenvalue weighted by molar-refractivity contribution is 5.97. The molecule has 4 nitrogen and oxygen atoms in total. The van der Waals surface area contributed by atoms with Crippen molar-refractivity contribution >= 4 is 16.6 Å². The van der Waals surface area contributed by atoms with Crippen LogP contribution in [0.3, 0.4) is 0 Å². The van der Waals surface area contributed by atoms with Gasteiger partial charge in [0.05, 0.1) is 12.7 Å². The quantitative estimate of drug-likeness (QED) is 0.417. The van der Waals surface area contributed by atoms with E-state index in [0.29, 0.717) is 0 Å². The van der Waals surface area contributed by atoms with Crippen molar-refractivity contribution < 1.29 is 19.5 Å². The molecule has 4 N–H and O–H groups in total. The number of hydrogen-bond donors (Lipinski definition) is 2. The van der Waals surface area contributed by atoms with Crippen LogP contribution in [0.15, 0.2) is 0 Å². The van der Waals surface area contributed by atoms with Gasteiger partial charge >= 0.3 is 16.6 Å². The van der Waals surface area contributed by atoms with Crippen molar-refractivity contribution in [2.75, 3.05) is 13.2 Å². The van der Waals surface area contributed by atoms with Crippen LogP contribution < -0.4 is 0 Å². The molecular weight excluding hydrogens is 127 g/mol. The van der Waals surface area contributed by atoms with Gasteiger partial charge in [-0.3, -0.25) is 0 Å². The lowest BCUT2D eigenvalue weighted by atomic mass is 10.4. The summed E-state index contributed by atoms with van der Waals surface area (Å²) in [6, 6.07) is 0. The predicted octanol–water partition coefficient (Wildman–Crippen LogP) is -2.65. The Bertz CT molecular complexity index is 42.3. The van der Waals surface area contributed by atoms with Crippen LogP contribution in [0, 0.1) is 0 Å². The molecule has 0 bridgehead atoms. The maximum atomic E-state index is 8.49. The van der Waals surface area contributed by atoms with Crippen LogP contribution in [0.4, 0.5) is 0 Å². The summed E-state index contributed by atoms with van der Waals surface area (Å²) in [7, 11) is 0. The average molecular weight is 137 g/mol. The Morgan fingerprint density at radius 1 is 1.62 bits per heavy atom. The van der Waals surface area contributed by atoms with Crippen molar-refractivity contribution in [1.82, 2.24) is 0 Å². The largest absolute Gasteiger partial charge is 0.508 e. The maximum absolute atomic E-state index is 8.49. The van der Waals surface area contributed by atoms with Crippen LogP contribution in [0.1, 0.15) is 0 Å². The predicted molar refractivity (Wildman–Crippen MR) is 29.8 cm³/mol. The van der Waals surface area contributed by atoms with Crippen LogP contribution >= 0.6 is 0 Å². The minimum absolute atomic E-state index is 0. The third-order valence-electron chi connectivity index (χ3n) is 0.521. The molecule has 0 aliphatic carbocycles. The smallest absolute Gasteiger partial charge is 0.394 e. The molecule has 0 aliphatic rings. The number of rotatable bonds is 3. The van der Waals surface area contributed by atoms with E-state index in [-0.39, 0.29) is 18.7 Å². The van der Waals surface area contributed by atoms with Gasteiger partial charge in [-0.15, -0.1) is 0 Å².